The van der Waals surface area contributed by atoms with Crippen molar-refractivity contribution < 1.29 is 37.7 Å². The minimum Gasteiger partial charge on any atom is -0.513 e. The van der Waals surface area contributed by atoms with Crippen molar-refractivity contribution in [1.82, 2.24) is 24.5 Å². The topological polar surface area (TPSA) is 61.7 Å². The van der Waals surface area contributed by atoms with E-state index in [1.807, 2.05) is 42.6 Å². The van der Waals surface area contributed by atoms with Crippen molar-refractivity contribution in [2.24, 2.45) is 0 Å². The van der Waals surface area contributed by atoms with Gasteiger partial charge in [-0.1, -0.05) is 41.9 Å². The van der Waals surface area contributed by atoms with Gasteiger partial charge in [-0.15, -0.1) is 6.07 Å². The van der Waals surface area contributed by atoms with Gasteiger partial charge >= 0.3 is 6.18 Å². The van der Waals surface area contributed by atoms with Crippen LogP contribution < -0.4 is 0 Å². The van der Waals surface area contributed by atoms with Gasteiger partial charge < -0.3 is 14.1 Å². The van der Waals surface area contributed by atoms with E-state index in [-0.39, 0.29) is 20.1 Å². The zero-order valence-corrected chi connectivity index (χ0v) is 19.6. The average Bonchev–Trinajstić information content (AvgIpc) is 3.59. The Labute approximate surface area is 205 Å². The van der Waals surface area contributed by atoms with Crippen LogP contribution in [-0.4, -0.2) is 24.5 Å². The maximum absolute atomic E-state index is 12.2. The number of rotatable bonds is 2. The Morgan fingerprint density at radius 1 is 0.912 bits per heavy atom. The number of fused-ring (bicyclic) bond motifs is 3. The first-order valence-corrected chi connectivity index (χ1v) is 9.79. The maximum atomic E-state index is 12.2. The van der Waals surface area contributed by atoms with Crippen molar-refractivity contribution in [2.75, 3.05) is 0 Å². The molecule has 6 nitrogen and oxygen atoms in total. The Bertz CT molecular complexity index is 1510. The number of furan rings is 1. The van der Waals surface area contributed by atoms with E-state index in [9.17, 15) is 13.2 Å². The third-order valence-electron chi connectivity index (χ3n) is 4.74. The number of para-hydroxylation sites is 1. The molecule has 1 radical (unpaired) electrons. The monoisotopic (exact) mass is 638 g/mol. The van der Waals surface area contributed by atoms with Crippen LogP contribution in [0.15, 0.2) is 89.7 Å². The molecule has 4 aromatic heterocycles. The van der Waals surface area contributed by atoms with Gasteiger partial charge in [0.1, 0.15) is 5.58 Å². The fourth-order valence-electron chi connectivity index (χ4n) is 3.27. The van der Waals surface area contributed by atoms with E-state index in [0.29, 0.717) is 5.82 Å². The van der Waals surface area contributed by atoms with Crippen LogP contribution >= 0.6 is 0 Å². The molecule has 0 aliphatic rings. The molecule has 34 heavy (non-hydrogen) atoms. The molecule has 0 saturated carbocycles. The number of pyridine rings is 1. The van der Waals surface area contributed by atoms with Crippen LogP contribution in [0, 0.1) is 12.3 Å². The van der Waals surface area contributed by atoms with Crippen LogP contribution in [0.3, 0.4) is 0 Å². The summed E-state index contributed by atoms with van der Waals surface area (Å²) in [7, 11) is 0. The van der Waals surface area contributed by atoms with Crippen molar-refractivity contribution in [3.63, 3.8) is 0 Å². The summed E-state index contributed by atoms with van der Waals surface area (Å²) in [4.78, 5) is 3.85. The van der Waals surface area contributed by atoms with Crippen LogP contribution in [0.25, 0.3) is 33.4 Å². The summed E-state index contributed by atoms with van der Waals surface area (Å²) in [6.45, 7) is 0. The van der Waals surface area contributed by atoms with Gasteiger partial charge in [0.05, 0.1) is 11.5 Å². The SMILES string of the molecule is FC(F)(F)c1c[c-]n(-c2ccccn2)n1.[Ir].[c-]1ccc2c(oc3ccccc32)c1-n1cccn1. The zero-order valence-electron chi connectivity index (χ0n) is 17.2. The summed E-state index contributed by atoms with van der Waals surface area (Å²) in [5.41, 5.74) is 1.57. The molecule has 2 aromatic carbocycles. The zero-order chi connectivity index (χ0) is 22.8. The minimum atomic E-state index is -4.45. The third-order valence-corrected chi connectivity index (χ3v) is 4.74. The molecule has 0 fully saturated rings. The van der Waals surface area contributed by atoms with Crippen LogP contribution in [0.4, 0.5) is 13.2 Å². The normalized spacial score (nSPS) is 11.1. The molecule has 0 bridgehead atoms. The molecule has 0 amide bonds. The average molecular weight is 638 g/mol. The fourth-order valence-corrected chi connectivity index (χ4v) is 3.27. The van der Waals surface area contributed by atoms with E-state index in [0.717, 1.165) is 38.4 Å². The van der Waals surface area contributed by atoms with Gasteiger partial charge in [0, 0.05) is 49.7 Å². The van der Waals surface area contributed by atoms with E-state index < -0.39 is 11.9 Å². The van der Waals surface area contributed by atoms with Crippen LogP contribution in [-0.2, 0) is 26.3 Å². The Hall–Kier alpha value is -3.75. The van der Waals surface area contributed by atoms with Crippen molar-refractivity contribution in [2.45, 2.75) is 6.18 Å². The molecule has 0 unspecified atom stereocenters. The van der Waals surface area contributed by atoms with Crippen molar-refractivity contribution >= 4 is 21.9 Å². The van der Waals surface area contributed by atoms with Gasteiger partial charge in [-0.05, 0) is 23.9 Å². The van der Waals surface area contributed by atoms with Gasteiger partial charge in [0.25, 0.3) is 0 Å². The van der Waals surface area contributed by atoms with E-state index in [2.05, 4.69) is 33.5 Å². The van der Waals surface area contributed by atoms with E-state index in [1.54, 1.807) is 29.1 Å². The molecule has 6 rings (SSSR count). The number of hydrogen-bond donors (Lipinski definition) is 0. The number of benzene rings is 2. The third kappa shape index (κ3) is 4.64. The molecule has 0 saturated heterocycles. The van der Waals surface area contributed by atoms with Crippen LogP contribution in [0.5, 0.6) is 0 Å². The van der Waals surface area contributed by atoms with E-state index >= 15 is 0 Å². The molecule has 0 atom stereocenters. The minimum absolute atomic E-state index is 0. The molecule has 0 spiro atoms. The molecule has 4 heterocycles. The van der Waals surface area contributed by atoms with Crippen molar-refractivity contribution in [3.8, 4) is 11.5 Å². The second-order valence-corrected chi connectivity index (χ2v) is 6.87. The molecule has 0 aliphatic heterocycles. The summed E-state index contributed by atoms with van der Waals surface area (Å²) < 4.78 is 45.2. The van der Waals surface area contributed by atoms with Gasteiger partial charge in [-0.2, -0.15) is 36.5 Å². The number of nitrogens with zero attached hydrogens (tertiary/aromatic N) is 5. The Morgan fingerprint density at radius 3 is 2.44 bits per heavy atom. The number of aromatic nitrogens is 5. The van der Waals surface area contributed by atoms with Crippen LogP contribution in [0.1, 0.15) is 5.69 Å². The molecular weight excluding hydrogens is 624 g/mol. The predicted octanol–water partition coefficient (Wildman–Crippen LogP) is 5.66. The molecule has 10 heteroatoms. The second-order valence-electron chi connectivity index (χ2n) is 6.87. The van der Waals surface area contributed by atoms with Crippen molar-refractivity contribution in [3.05, 3.63) is 103 Å². The molecular formula is C24H14F3IrN5O-2. The summed E-state index contributed by atoms with van der Waals surface area (Å²) in [6.07, 6.45) is 3.01. The summed E-state index contributed by atoms with van der Waals surface area (Å²) in [6, 6.07) is 22.7. The van der Waals surface area contributed by atoms with Crippen molar-refractivity contribution in [1.29, 1.82) is 0 Å². The largest absolute Gasteiger partial charge is 0.513 e. The van der Waals surface area contributed by atoms with Crippen LogP contribution in [0.2, 0.25) is 0 Å². The quantitative estimate of drug-likeness (QED) is 0.230. The van der Waals surface area contributed by atoms with Gasteiger partial charge in [0.15, 0.2) is 0 Å². The summed E-state index contributed by atoms with van der Waals surface area (Å²) in [5.74, 6) is 0.299. The second kappa shape index (κ2) is 9.62. The molecule has 0 N–H and O–H groups in total. The number of halogens is 3. The number of alkyl halides is 3. The summed E-state index contributed by atoms with van der Waals surface area (Å²) in [5, 5.41) is 9.77. The molecule has 6 aromatic rings. The number of hydrogen-bond acceptors (Lipinski definition) is 4. The smallest absolute Gasteiger partial charge is 0.388 e. The van der Waals surface area contributed by atoms with E-state index in [1.165, 1.54) is 6.20 Å². The van der Waals surface area contributed by atoms with Gasteiger partial charge in [0.2, 0.25) is 0 Å². The standard InChI is InChI=1S/C15H9N2O.C9H5F3N3.Ir/c1-2-8-14-11(5-1)12-6-3-7-13(15(12)18-14)17-10-4-9-16-17;10-9(11,12)7-4-6-15(14-7)8-3-1-2-5-13-8;/h1-6,8-10H;1-5H;/q2*-1;. The Morgan fingerprint density at radius 2 is 1.74 bits per heavy atom. The fraction of sp³-hybridized carbons (Fsp3) is 0.0417. The Balaban J connectivity index is 0.000000159. The first-order chi connectivity index (χ1) is 16.0. The molecule has 0 aliphatic carbocycles. The first kappa shape index (κ1) is 23.4. The first-order valence-electron chi connectivity index (χ1n) is 9.79. The summed E-state index contributed by atoms with van der Waals surface area (Å²) >= 11 is 0. The van der Waals surface area contributed by atoms with Gasteiger partial charge in [-0.3, -0.25) is 9.78 Å². The maximum Gasteiger partial charge on any atom is 0.388 e. The van der Waals surface area contributed by atoms with Gasteiger partial charge in [-0.25, -0.2) is 0 Å². The predicted molar refractivity (Wildman–Crippen MR) is 115 cm³/mol. The van der Waals surface area contributed by atoms with E-state index in [4.69, 9.17) is 4.42 Å². The molecule has 173 valence electrons. The Kier molecular flexibility index (Phi) is 6.63.